The molecule has 2 aromatic carbocycles. The van der Waals surface area contributed by atoms with Gasteiger partial charge in [-0.2, -0.15) is 0 Å². The van der Waals surface area contributed by atoms with Gasteiger partial charge in [-0.05, 0) is 18.2 Å². The fourth-order valence-corrected chi connectivity index (χ4v) is 7.62. The van der Waals surface area contributed by atoms with Crippen LogP contribution in [0.15, 0.2) is 61.2 Å². The number of fused-ring (bicyclic) bond motifs is 1. The molecule has 0 saturated heterocycles. The molecule has 0 amide bonds. The van der Waals surface area contributed by atoms with Gasteiger partial charge in [-0.25, -0.2) is 0 Å². The second kappa shape index (κ2) is 9.70. The van der Waals surface area contributed by atoms with Crippen molar-refractivity contribution in [3.05, 3.63) is 66.7 Å². The van der Waals surface area contributed by atoms with E-state index in [-0.39, 0.29) is 0 Å². The Kier molecular flexibility index (Phi) is 7.28. The van der Waals surface area contributed by atoms with Gasteiger partial charge in [-0.15, -0.1) is 6.58 Å². The van der Waals surface area contributed by atoms with Gasteiger partial charge in [-0.3, -0.25) is 0 Å². The number of benzene rings is 2. The number of rotatable bonds is 10. The third-order valence-corrected chi connectivity index (χ3v) is 10.9. The monoisotopic (exact) mass is 432 g/mol. The maximum absolute atomic E-state index is 6.45. The molecule has 29 heavy (non-hydrogen) atoms. The van der Waals surface area contributed by atoms with Gasteiger partial charge in [0, 0.05) is 38.1 Å². The summed E-state index contributed by atoms with van der Waals surface area (Å²) in [5, 5.41) is 1.10. The Hall–Kier alpha value is -1.95. The van der Waals surface area contributed by atoms with Crippen LogP contribution in [0.4, 0.5) is 0 Å². The summed E-state index contributed by atoms with van der Waals surface area (Å²) in [5.74, 6) is 1.59. The highest BCUT2D eigenvalue weighted by molar-refractivity contribution is 6.82. The summed E-state index contributed by atoms with van der Waals surface area (Å²) in [6.07, 6.45) is 1.87. The van der Waals surface area contributed by atoms with Crippen LogP contribution in [0.3, 0.4) is 0 Å². The highest BCUT2D eigenvalue weighted by atomic mass is 28.4. The van der Waals surface area contributed by atoms with Crippen LogP contribution in [0, 0.1) is 0 Å². The molecular weight excluding hydrogens is 404 g/mol. The molecule has 156 valence electrons. The topological polar surface area (TPSA) is 55.4 Å². The molecule has 3 rings (SSSR count). The largest absolute Gasteiger partial charge is 0.517 e. The third kappa shape index (κ3) is 4.80. The van der Waals surface area contributed by atoms with E-state index in [1.165, 1.54) is 0 Å². The van der Waals surface area contributed by atoms with E-state index in [9.17, 15) is 0 Å². The van der Waals surface area contributed by atoms with Gasteiger partial charge in [0.15, 0.2) is 0 Å². The summed E-state index contributed by atoms with van der Waals surface area (Å²) < 4.78 is 34.9. The molecule has 1 aliphatic heterocycles. The predicted molar refractivity (Wildman–Crippen MR) is 116 cm³/mol. The molecular formula is C21H28O6Si2. The maximum Gasteiger partial charge on any atom is 0.503 e. The lowest BCUT2D eigenvalue weighted by molar-refractivity contribution is 0.117. The molecule has 0 radical (unpaired) electrons. The quantitative estimate of drug-likeness (QED) is 0.424. The minimum Gasteiger partial charge on any atom is -0.517 e. The second-order valence-electron chi connectivity index (χ2n) is 6.67. The van der Waals surface area contributed by atoms with Crippen molar-refractivity contribution in [2.75, 3.05) is 27.9 Å². The zero-order valence-electron chi connectivity index (χ0n) is 17.2. The van der Waals surface area contributed by atoms with Gasteiger partial charge in [-0.1, -0.05) is 36.4 Å². The average molecular weight is 433 g/mol. The number of ether oxygens (including phenoxy) is 1. The molecule has 0 fully saturated rings. The van der Waals surface area contributed by atoms with Crippen LogP contribution in [-0.2, 0) is 24.3 Å². The minimum absolute atomic E-state index is 0.432. The van der Waals surface area contributed by atoms with Crippen molar-refractivity contribution in [3.8, 4) is 11.5 Å². The molecule has 1 aliphatic rings. The Morgan fingerprint density at radius 2 is 1.79 bits per heavy atom. The Morgan fingerprint density at radius 1 is 1.07 bits per heavy atom. The minimum atomic E-state index is -2.64. The Morgan fingerprint density at radius 3 is 2.45 bits per heavy atom. The molecule has 0 saturated carbocycles. The molecule has 6 nitrogen and oxygen atoms in total. The second-order valence-corrected chi connectivity index (χ2v) is 12.7. The van der Waals surface area contributed by atoms with Crippen LogP contribution in [0.1, 0.15) is 5.56 Å². The summed E-state index contributed by atoms with van der Waals surface area (Å²) in [7, 11) is -0.451. The summed E-state index contributed by atoms with van der Waals surface area (Å²) in [4.78, 5) is 0. The van der Waals surface area contributed by atoms with Crippen molar-refractivity contribution in [1.29, 1.82) is 0 Å². The van der Waals surface area contributed by atoms with Crippen molar-refractivity contribution in [1.82, 2.24) is 0 Å². The first kappa shape index (κ1) is 21.8. The fourth-order valence-electron chi connectivity index (χ4n) is 3.35. The lowest BCUT2D eigenvalue weighted by atomic mass is 10.2. The molecule has 0 aliphatic carbocycles. The highest BCUT2D eigenvalue weighted by Crippen LogP contribution is 2.34. The van der Waals surface area contributed by atoms with E-state index >= 15 is 0 Å². The van der Waals surface area contributed by atoms with Gasteiger partial charge in [0.25, 0.3) is 0 Å². The van der Waals surface area contributed by atoms with Gasteiger partial charge < -0.3 is 26.9 Å². The van der Waals surface area contributed by atoms with Gasteiger partial charge >= 0.3 is 17.4 Å². The highest BCUT2D eigenvalue weighted by Gasteiger charge is 2.44. The van der Waals surface area contributed by atoms with Crippen molar-refractivity contribution in [2.24, 2.45) is 0 Å². The molecule has 2 aromatic rings. The number of hydrogen-bond donors (Lipinski definition) is 0. The van der Waals surface area contributed by atoms with E-state index in [2.05, 4.69) is 18.7 Å². The first-order valence-corrected chi connectivity index (χ1v) is 13.5. The molecule has 1 atom stereocenters. The van der Waals surface area contributed by atoms with Crippen LogP contribution in [0.5, 0.6) is 11.5 Å². The van der Waals surface area contributed by atoms with E-state index in [0.29, 0.717) is 25.3 Å². The van der Waals surface area contributed by atoms with E-state index < -0.39 is 17.4 Å². The van der Waals surface area contributed by atoms with E-state index in [1.807, 2.05) is 42.5 Å². The smallest absolute Gasteiger partial charge is 0.503 e. The van der Waals surface area contributed by atoms with Crippen molar-refractivity contribution in [2.45, 2.75) is 18.7 Å². The molecule has 1 unspecified atom stereocenters. The maximum atomic E-state index is 6.45. The van der Waals surface area contributed by atoms with E-state index in [0.717, 1.165) is 22.2 Å². The van der Waals surface area contributed by atoms with Gasteiger partial charge in [0.1, 0.15) is 11.5 Å². The molecule has 8 heteroatoms. The number of allylic oxidation sites excluding steroid dienone is 1. The molecule has 0 spiro atoms. The van der Waals surface area contributed by atoms with Gasteiger partial charge in [0.2, 0.25) is 0 Å². The Balaban J connectivity index is 1.71. The third-order valence-electron chi connectivity index (χ3n) is 5.00. The van der Waals surface area contributed by atoms with E-state index in [1.54, 1.807) is 21.3 Å². The summed E-state index contributed by atoms with van der Waals surface area (Å²) >= 11 is 0. The summed E-state index contributed by atoms with van der Waals surface area (Å²) in [5.41, 5.74) is 0.972. The summed E-state index contributed by atoms with van der Waals surface area (Å²) in [6.45, 7) is 4.81. The van der Waals surface area contributed by atoms with Crippen molar-refractivity contribution in [3.63, 3.8) is 0 Å². The predicted octanol–water partition coefficient (Wildman–Crippen LogP) is 3.39. The average Bonchev–Trinajstić information content (AvgIpc) is 2.78. The Labute approximate surface area is 174 Å². The Bertz CT molecular complexity index is 804. The first-order chi connectivity index (χ1) is 14.1. The summed E-state index contributed by atoms with van der Waals surface area (Å²) in [6, 6.07) is 17.2. The molecule has 0 aromatic heterocycles. The van der Waals surface area contributed by atoms with Crippen molar-refractivity contribution >= 4 is 22.6 Å². The lowest BCUT2D eigenvalue weighted by Gasteiger charge is -2.35. The van der Waals surface area contributed by atoms with Crippen molar-refractivity contribution < 1.29 is 26.9 Å². The SMILES string of the molecule is C=CC[Si]1(c2ccccc2)OCc2cc(OCC[Si](OC)(OC)OC)ccc2O1. The lowest BCUT2D eigenvalue weighted by Crippen LogP contribution is -2.57. The van der Waals surface area contributed by atoms with E-state index in [4.69, 9.17) is 26.9 Å². The number of hydrogen-bond acceptors (Lipinski definition) is 6. The normalized spacial score (nSPS) is 18.6. The fraction of sp³-hybridized carbons (Fsp3) is 0.333. The molecule has 0 N–H and O–H groups in total. The first-order valence-electron chi connectivity index (χ1n) is 9.51. The van der Waals surface area contributed by atoms with Crippen LogP contribution in [-0.4, -0.2) is 45.3 Å². The molecule has 1 heterocycles. The zero-order chi connectivity index (χ0) is 20.7. The zero-order valence-corrected chi connectivity index (χ0v) is 19.2. The van der Waals surface area contributed by atoms with Crippen LogP contribution < -0.4 is 14.3 Å². The van der Waals surface area contributed by atoms with Crippen LogP contribution in [0.2, 0.25) is 12.1 Å². The van der Waals surface area contributed by atoms with Gasteiger partial charge in [0.05, 0.1) is 19.3 Å². The van der Waals surface area contributed by atoms with Crippen LogP contribution in [0.25, 0.3) is 0 Å². The van der Waals surface area contributed by atoms with Crippen LogP contribution >= 0.6 is 0 Å². The molecule has 0 bridgehead atoms. The standard InChI is InChI=1S/C21H28O6Si2/c1-5-14-28(20-9-7-6-8-10-20)26-17-18-16-19(11-12-21(18)27-28)25-13-15-29(22-2,23-3)24-4/h5-12,16H,1,13-15,17H2,2-4H3.